The first-order chi connectivity index (χ1) is 16.5. The van der Waals surface area contributed by atoms with Crippen molar-refractivity contribution in [3.63, 3.8) is 0 Å². The van der Waals surface area contributed by atoms with Gasteiger partial charge in [-0.3, -0.25) is 9.59 Å². The minimum Gasteiger partial charge on any atom is -0.493 e. The Balaban J connectivity index is 1.30. The molecule has 0 N–H and O–H groups in total. The fraction of sp³-hybridized carbons (Fsp3) is 0.360. The van der Waals surface area contributed by atoms with Crippen LogP contribution in [0.4, 0.5) is 0 Å². The van der Waals surface area contributed by atoms with Crippen LogP contribution in [-0.4, -0.2) is 54.0 Å². The summed E-state index contributed by atoms with van der Waals surface area (Å²) in [4.78, 5) is 31.3. The monoisotopic (exact) mass is 483 g/mol. The van der Waals surface area contributed by atoms with E-state index in [9.17, 15) is 9.59 Å². The fourth-order valence-electron chi connectivity index (χ4n) is 4.05. The summed E-state index contributed by atoms with van der Waals surface area (Å²) >= 11 is 5.94. The lowest BCUT2D eigenvalue weighted by molar-refractivity contribution is -0.132. The van der Waals surface area contributed by atoms with Crippen molar-refractivity contribution in [1.29, 1.82) is 0 Å². The maximum atomic E-state index is 12.6. The van der Waals surface area contributed by atoms with Gasteiger partial charge < -0.3 is 18.9 Å². The number of amides is 1. The first-order valence-corrected chi connectivity index (χ1v) is 11.5. The molecule has 1 aromatic heterocycles. The lowest BCUT2D eigenvalue weighted by atomic mass is 9.96. The molecule has 0 radical (unpaired) electrons. The highest BCUT2D eigenvalue weighted by molar-refractivity contribution is 6.31. The predicted octanol–water partition coefficient (Wildman–Crippen LogP) is 4.78. The van der Waals surface area contributed by atoms with Crippen LogP contribution in [0.3, 0.4) is 0 Å². The van der Waals surface area contributed by atoms with Gasteiger partial charge in [0.15, 0.2) is 17.3 Å². The summed E-state index contributed by atoms with van der Waals surface area (Å²) in [5.74, 6) is 2.23. The van der Waals surface area contributed by atoms with E-state index in [1.807, 2.05) is 6.07 Å². The summed E-state index contributed by atoms with van der Waals surface area (Å²) in [5, 5.41) is 4.63. The number of Topliss-reactive ketones (excluding diaryl/α,β-unsaturated/α-hetero) is 1. The number of benzene rings is 2. The second-order valence-corrected chi connectivity index (χ2v) is 8.55. The number of halogens is 1. The maximum absolute atomic E-state index is 12.6. The van der Waals surface area contributed by atoms with E-state index in [0.717, 1.165) is 18.4 Å². The van der Waals surface area contributed by atoms with Crippen molar-refractivity contribution in [2.45, 2.75) is 31.6 Å². The van der Waals surface area contributed by atoms with E-state index in [4.69, 9.17) is 25.6 Å². The second kappa shape index (κ2) is 10.7. The molecule has 1 saturated heterocycles. The molecule has 34 heavy (non-hydrogen) atoms. The molecule has 8 nitrogen and oxygen atoms in total. The molecule has 0 aliphatic carbocycles. The molecule has 2 heterocycles. The second-order valence-electron chi connectivity index (χ2n) is 8.11. The van der Waals surface area contributed by atoms with Gasteiger partial charge in [0.2, 0.25) is 17.6 Å². The Morgan fingerprint density at radius 3 is 2.53 bits per heavy atom. The van der Waals surface area contributed by atoms with Crippen molar-refractivity contribution >= 4 is 23.3 Å². The highest BCUT2D eigenvalue weighted by Gasteiger charge is 2.28. The highest BCUT2D eigenvalue weighted by Crippen LogP contribution is 2.33. The van der Waals surface area contributed by atoms with Gasteiger partial charge in [-0.05, 0) is 43.2 Å². The van der Waals surface area contributed by atoms with E-state index < -0.39 is 0 Å². The van der Waals surface area contributed by atoms with Crippen LogP contribution in [0.5, 0.6) is 11.5 Å². The summed E-state index contributed by atoms with van der Waals surface area (Å²) in [6.07, 6.45) is 1.79. The number of methoxy groups -OCH3 is 2. The summed E-state index contributed by atoms with van der Waals surface area (Å²) in [6, 6.07) is 12.2. The SMILES string of the molecule is COc1ccc(-c2noc(C3CCN(C(=O)CCC(=O)c4cccc(Cl)c4)CC3)n2)cc1OC. The molecule has 0 spiro atoms. The van der Waals surface area contributed by atoms with Gasteiger partial charge >= 0.3 is 0 Å². The van der Waals surface area contributed by atoms with Gasteiger partial charge in [-0.1, -0.05) is 28.9 Å². The third-order valence-corrected chi connectivity index (χ3v) is 6.23. The third kappa shape index (κ3) is 5.39. The van der Waals surface area contributed by atoms with E-state index in [0.29, 0.717) is 46.9 Å². The minimum atomic E-state index is -0.0840. The normalized spacial score (nSPS) is 14.1. The average molecular weight is 484 g/mol. The van der Waals surface area contributed by atoms with Gasteiger partial charge in [0.1, 0.15) is 0 Å². The fourth-order valence-corrected chi connectivity index (χ4v) is 4.24. The molecule has 3 aromatic rings. The van der Waals surface area contributed by atoms with Crippen molar-refractivity contribution in [2.24, 2.45) is 0 Å². The Bertz CT molecular complexity index is 1170. The maximum Gasteiger partial charge on any atom is 0.230 e. The summed E-state index contributed by atoms with van der Waals surface area (Å²) in [7, 11) is 3.16. The molecule has 1 fully saturated rings. The topological polar surface area (TPSA) is 94.8 Å². The zero-order chi connectivity index (χ0) is 24.1. The third-order valence-electron chi connectivity index (χ3n) is 5.99. The zero-order valence-corrected chi connectivity index (χ0v) is 19.9. The molecule has 9 heteroatoms. The number of rotatable bonds is 8. The largest absolute Gasteiger partial charge is 0.493 e. The first-order valence-electron chi connectivity index (χ1n) is 11.1. The van der Waals surface area contributed by atoms with Crippen LogP contribution in [0.2, 0.25) is 5.02 Å². The van der Waals surface area contributed by atoms with Crippen LogP contribution in [0, 0.1) is 0 Å². The molecule has 0 bridgehead atoms. The quantitative estimate of drug-likeness (QED) is 0.425. The van der Waals surface area contributed by atoms with E-state index in [1.54, 1.807) is 55.5 Å². The first kappa shape index (κ1) is 23.8. The number of nitrogens with zero attached hydrogens (tertiary/aromatic N) is 3. The van der Waals surface area contributed by atoms with E-state index in [2.05, 4.69) is 10.1 Å². The number of ether oxygens (including phenoxy) is 2. The average Bonchev–Trinajstić information content (AvgIpc) is 3.37. The van der Waals surface area contributed by atoms with Gasteiger partial charge in [-0.2, -0.15) is 4.98 Å². The molecular formula is C25H26ClN3O5. The Morgan fingerprint density at radius 1 is 1.06 bits per heavy atom. The van der Waals surface area contributed by atoms with Gasteiger partial charge in [-0.15, -0.1) is 0 Å². The van der Waals surface area contributed by atoms with Crippen LogP contribution in [-0.2, 0) is 4.79 Å². The number of hydrogen-bond donors (Lipinski definition) is 0. The predicted molar refractivity (Wildman–Crippen MR) is 126 cm³/mol. The van der Waals surface area contributed by atoms with E-state index in [-0.39, 0.29) is 30.4 Å². The molecule has 2 aromatic carbocycles. The zero-order valence-electron chi connectivity index (χ0n) is 19.1. The number of piperidine rings is 1. The number of carbonyl (C=O) groups excluding carboxylic acids is 2. The lowest BCUT2D eigenvalue weighted by Crippen LogP contribution is -2.38. The van der Waals surface area contributed by atoms with Crippen molar-refractivity contribution in [3.8, 4) is 22.9 Å². The van der Waals surface area contributed by atoms with Crippen molar-refractivity contribution < 1.29 is 23.6 Å². The minimum absolute atomic E-state index is 0.0228. The van der Waals surface area contributed by atoms with Crippen LogP contribution in [0.1, 0.15) is 47.8 Å². The molecule has 1 amide bonds. The number of likely N-dealkylation sites (tertiary alicyclic amines) is 1. The van der Waals surface area contributed by atoms with Crippen molar-refractivity contribution in [2.75, 3.05) is 27.3 Å². The smallest absolute Gasteiger partial charge is 0.230 e. The Hall–Kier alpha value is -3.39. The van der Waals surface area contributed by atoms with Gasteiger partial charge in [-0.25, -0.2) is 0 Å². The molecule has 0 saturated carbocycles. The Kier molecular flexibility index (Phi) is 7.47. The van der Waals surface area contributed by atoms with Crippen LogP contribution >= 0.6 is 11.6 Å². The van der Waals surface area contributed by atoms with E-state index in [1.165, 1.54) is 0 Å². The molecule has 178 valence electrons. The number of carbonyl (C=O) groups is 2. The van der Waals surface area contributed by atoms with Crippen LogP contribution in [0.15, 0.2) is 47.0 Å². The molecular weight excluding hydrogens is 458 g/mol. The molecule has 1 aliphatic rings. The number of ketones is 1. The number of aromatic nitrogens is 2. The standard InChI is InChI=1S/C25H26ClN3O5/c1-32-21-8-6-18(15-22(21)33-2)24-27-25(34-28-24)16-10-12-29(13-11-16)23(31)9-7-20(30)17-4-3-5-19(26)14-17/h3-6,8,14-16H,7,9-13H2,1-2H3. The highest BCUT2D eigenvalue weighted by atomic mass is 35.5. The Labute approximate surface area is 202 Å². The summed E-state index contributed by atoms with van der Waals surface area (Å²) < 4.78 is 16.1. The molecule has 0 atom stereocenters. The number of hydrogen-bond acceptors (Lipinski definition) is 7. The molecule has 0 unspecified atom stereocenters. The van der Waals surface area contributed by atoms with Gasteiger partial charge in [0.25, 0.3) is 0 Å². The van der Waals surface area contributed by atoms with Crippen molar-refractivity contribution in [1.82, 2.24) is 15.0 Å². The van der Waals surface area contributed by atoms with Gasteiger partial charge in [0.05, 0.1) is 14.2 Å². The van der Waals surface area contributed by atoms with Crippen LogP contribution in [0.25, 0.3) is 11.4 Å². The summed E-state index contributed by atoms with van der Waals surface area (Å²) in [6.45, 7) is 1.17. The Morgan fingerprint density at radius 2 is 1.82 bits per heavy atom. The van der Waals surface area contributed by atoms with Crippen molar-refractivity contribution in [3.05, 3.63) is 58.9 Å². The van der Waals surface area contributed by atoms with Crippen LogP contribution < -0.4 is 9.47 Å². The summed E-state index contributed by atoms with van der Waals surface area (Å²) in [5.41, 5.74) is 1.30. The molecule has 1 aliphatic heterocycles. The molecule has 4 rings (SSSR count). The lowest BCUT2D eigenvalue weighted by Gasteiger charge is -2.30. The van der Waals surface area contributed by atoms with Gasteiger partial charge in [0, 0.05) is 48.0 Å². The van der Waals surface area contributed by atoms with E-state index >= 15 is 0 Å².